The van der Waals surface area contributed by atoms with Crippen LogP contribution in [0.3, 0.4) is 0 Å². The Bertz CT molecular complexity index is 1320. The van der Waals surface area contributed by atoms with Gasteiger partial charge in [0.05, 0.1) is 5.69 Å². The van der Waals surface area contributed by atoms with Crippen LogP contribution >= 0.6 is 23.4 Å². The third-order valence-corrected chi connectivity index (χ3v) is 8.36. The molecule has 192 valence electrons. The zero-order valence-electron chi connectivity index (χ0n) is 21.5. The van der Waals surface area contributed by atoms with E-state index in [4.69, 9.17) is 16.6 Å². The molecule has 2 aliphatic rings. The number of fused-ring (bicyclic) bond motifs is 2. The van der Waals surface area contributed by atoms with E-state index in [0.29, 0.717) is 12.1 Å². The standard InChI is InChI=1S/C30H33ClN4OS/c1-3-6-25-24-7-4-5-8-28(24)37-29-12-10-22(19-26(29)33-25)30(36)32-13-14-34-15-17-35(18-16-34)27-20-23(31)11-9-21(27)2/h4-5,7-12,19-20H,3,6,13-18H2,1-2H3,(H,32,36). The molecule has 5 rings (SSSR count). The Hall–Kier alpha value is -2.80. The molecule has 0 atom stereocenters. The molecule has 1 fully saturated rings. The summed E-state index contributed by atoms with van der Waals surface area (Å²) in [5, 5.41) is 3.89. The minimum Gasteiger partial charge on any atom is -0.369 e. The molecule has 0 radical (unpaired) electrons. The molecule has 3 aromatic rings. The molecule has 0 spiro atoms. The van der Waals surface area contributed by atoms with Gasteiger partial charge in [0.2, 0.25) is 0 Å². The van der Waals surface area contributed by atoms with Crippen molar-refractivity contribution in [3.8, 4) is 0 Å². The number of anilines is 1. The third kappa shape index (κ3) is 6.03. The Morgan fingerprint density at radius 2 is 1.84 bits per heavy atom. The van der Waals surface area contributed by atoms with Crippen LogP contribution in [0.25, 0.3) is 0 Å². The molecule has 1 saturated heterocycles. The van der Waals surface area contributed by atoms with E-state index in [-0.39, 0.29) is 5.91 Å². The SMILES string of the molecule is CCCC1=Nc2cc(C(=O)NCCN3CCN(c4cc(Cl)ccc4C)CC3)ccc2Sc2ccccc21. The average Bonchev–Trinajstić information content (AvgIpc) is 3.06. The Morgan fingerprint density at radius 3 is 2.65 bits per heavy atom. The lowest BCUT2D eigenvalue weighted by molar-refractivity contribution is 0.0947. The summed E-state index contributed by atoms with van der Waals surface area (Å²) in [5.74, 6) is -0.0463. The lowest BCUT2D eigenvalue weighted by Gasteiger charge is -2.36. The maximum Gasteiger partial charge on any atom is 0.251 e. The van der Waals surface area contributed by atoms with E-state index < -0.39 is 0 Å². The van der Waals surface area contributed by atoms with Gasteiger partial charge < -0.3 is 10.2 Å². The zero-order chi connectivity index (χ0) is 25.8. The number of carbonyl (C=O) groups is 1. The molecule has 3 aromatic carbocycles. The molecule has 5 nitrogen and oxygen atoms in total. The number of nitrogens with zero attached hydrogens (tertiary/aromatic N) is 3. The van der Waals surface area contributed by atoms with Crippen molar-refractivity contribution in [3.05, 3.63) is 82.4 Å². The highest BCUT2D eigenvalue weighted by atomic mass is 35.5. The number of amides is 1. The van der Waals surface area contributed by atoms with Crippen molar-refractivity contribution in [1.82, 2.24) is 10.2 Å². The first-order chi connectivity index (χ1) is 18.0. The van der Waals surface area contributed by atoms with Gasteiger partial charge in [0.25, 0.3) is 5.91 Å². The predicted octanol–water partition coefficient (Wildman–Crippen LogP) is 6.59. The first kappa shape index (κ1) is 25.8. The molecule has 0 aromatic heterocycles. The second kappa shape index (κ2) is 11.7. The molecule has 7 heteroatoms. The highest BCUT2D eigenvalue weighted by molar-refractivity contribution is 7.99. The van der Waals surface area contributed by atoms with Gasteiger partial charge in [-0.25, -0.2) is 0 Å². The third-order valence-electron chi connectivity index (χ3n) is 6.98. The van der Waals surface area contributed by atoms with E-state index in [1.54, 1.807) is 11.8 Å². The molecule has 0 bridgehead atoms. The number of nitrogens with one attached hydrogen (secondary N) is 1. The van der Waals surface area contributed by atoms with Gasteiger partial charge in [-0.3, -0.25) is 14.7 Å². The summed E-state index contributed by atoms with van der Waals surface area (Å²) in [6.07, 6.45) is 1.94. The van der Waals surface area contributed by atoms with Crippen molar-refractivity contribution in [3.63, 3.8) is 0 Å². The fourth-order valence-electron chi connectivity index (χ4n) is 4.94. The smallest absolute Gasteiger partial charge is 0.251 e. The quantitative estimate of drug-likeness (QED) is 0.373. The van der Waals surface area contributed by atoms with Gasteiger partial charge in [-0.05, 0) is 55.3 Å². The maximum atomic E-state index is 13.0. The predicted molar refractivity (Wildman–Crippen MR) is 155 cm³/mol. The number of benzene rings is 3. The van der Waals surface area contributed by atoms with Crippen LogP contribution in [0.5, 0.6) is 0 Å². The van der Waals surface area contributed by atoms with Gasteiger partial charge in [-0.2, -0.15) is 0 Å². The second-order valence-electron chi connectivity index (χ2n) is 9.60. The van der Waals surface area contributed by atoms with Crippen molar-refractivity contribution in [2.75, 3.05) is 44.2 Å². The Morgan fingerprint density at radius 1 is 1.03 bits per heavy atom. The minimum atomic E-state index is -0.0463. The van der Waals surface area contributed by atoms with Crippen molar-refractivity contribution < 1.29 is 4.79 Å². The van der Waals surface area contributed by atoms with Gasteiger partial charge in [0.15, 0.2) is 0 Å². The molecule has 0 unspecified atom stereocenters. The van der Waals surface area contributed by atoms with Crippen LogP contribution in [-0.2, 0) is 0 Å². The van der Waals surface area contributed by atoms with E-state index in [9.17, 15) is 4.79 Å². The Labute approximate surface area is 228 Å². The summed E-state index contributed by atoms with van der Waals surface area (Å²) in [5.41, 5.74) is 6.29. The normalized spacial score (nSPS) is 15.4. The van der Waals surface area contributed by atoms with E-state index >= 15 is 0 Å². The fraction of sp³-hybridized carbons (Fsp3) is 0.333. The first-order valence-electron chi connectivity index (χ1n) is 13.0. The van der Waals surface area contributed by atoms with Crippen LogP contribution < -0.4 is 10.2 Å². The lowest BCUT2D eigenvalue weighted by Crippen LogP contribution is -2.48. The molecule has 2 aliphatic heterocycles. The van der Waals surface area contributed by atoms with Gasteiger partial charge in [-0.1, -0.05) is 61.0 Å². The van der Waals surface area contributed by atoms with Crippen molar-refractivity contribution in [2.24, 2.45) is 4.99 Å². The Kier molecular flexibility index (Phi) is 8.18. The molecular weight excluding hydrogens is 500 g/mol. The van der Waals surface area contributed by atoms with Crippen LogP contribution in [0.2, 0.25) is 5.02 Å². The molecule has 2 heterocycles. The fourth-order valence-corrected chi connectivity index (χ4v) is 6.13. The summed E-state index contributed by atoms with van der Waals surface area (Å²) >= 11 is 7.94. The van der Waals surface area contributed by atoms with Crippen LogP contribution in [-0.4, -0.2) is 55.8 Å². The summed E-state index contributed by atoms with van der Waals surface area (Å²) in [6.45, 7) is 9.60. The highest BCUT2D eigenvalue weighted by Crippen LogP contribution is 2.41. The topological polar surface area (TPSA) is 47.9 Å². The number of halogens is 1. The van der Waals surface area contributed by atoms with Gasteiger partial charge >= 0.3 is 0 Å². The van der Waals surface area contributed by atoms with Gasteiger partial charge in [0.1, 0.15) is 0 Å². The second-order valence-corrected chi connectivity index (χ2v) is 11.1. The number of hydrogen-bond acceptors (Lipinski definition) is 5. The van der Waals surface area contributed by atoms with Crippen molar-refractivity contribution >= 4 is 46.4 Å². The molecule has 1 N–H and O–H groups in total. The summed E-state index contributed by atoms with van der Waals surface area (Å²) in [7, 11) is 0. The maximum absolute atomic E-state index is 13.0. The zero-order valence-corrected chi connectivity index (χ0v) is 23.0. The molecule has 0 aliphatic carbocycles. The van der Waals surface area contributed by atoms with Gasteiger partial charge in [0, 0.05) is 76.6 Å². The molecule has 0 saturated carbocycles. The van der Waals surface area contributed by atoms with E-state index in [1.807, 2.05) is 24.3 Å². The number of carbonyl (C=O) groups excluding carboxylic acids is 1. The average molecular weight is 533 g/mol. The highest BCUT2D eigenvalue weighted by Gasteiger charge is 2.20. The van der Waals surface area contributed by atoms with Crippen molar-refractivity contribution in [1.29, 1.82) is 0 Å². The summed E-state index contributed by atoms with van der Waals surface area (Å²) in [4.78, 5) is 25.1. The lowest BCUT2D eigenvalue weighted by atomic mass is 10.1. The van der Waals surface area contributed by atoms with E-state index in [0.717, 1.165) is 66.9 Å². The van der Waals surface area contributed by atoms with Crippen LogP contribution in [0, 0.1) is 6.92 Å². The first-order valence-corrected chi connectivity index (χ1v) is 14.2. The number of rotatable bonds is 7. The largest absolute Gasteiger partial charge is 0.369 e. The van der Waals surface area contributed by atoms with Gasteiger partial charge in [-0.15, -0.1) is 0 Å². The van der Waals surface area contributed by atoms with Crippen LogP contribution in [0.4, 0.5) is 11.4 Å². The summed E-state index contributed by atoms with van der Waals surface area (Å²) in [6, 6.07) is 20.4. The number of aliphatic imine (C=N–C) groups is 1. The number of hydrogen-bond donors (Lipinski definition) is 1. The van der Waals surface area contributed by atoms with Crippen molar-refractivity contribution in [2.45, 2.75) is 36.5 Å². The van der Waals surface area contributed by atoms with Crippen LogP contribution in [0.1, 0.15) is 41.3 Å². The molecule has 37 heavy (non-hydrogen) atoms. The van der Waals surface area contributed by atoms with Crippen LogP contribution in [0.15, 0.2) is 75.4 Å². The number of aryl methyl sites for hydroxylation is 1. The Balaban J connectivity index is 1.18. The van der Waals surface area contributed by atoms with E-state index in [1.165, 1.54) is 21.7 Å². The summed E-state index contributed by atoms with van der Waals surface area (Å²) < 4.78 is 0. The number of piperazine rings is 1. The minimum absolute atomic E-state index is 0.0463. The molecular formula is C30H33ClN4OS. The monoisotopic (exact) mass is 532 g/mol. The van der Waals surface area contributed by atoms with E-state index in [2.05, 4.69) is 65.4 Å². The molecule has 1 amide bonds.